The molecular formula is C16H20N2O5. The van der Waals surface area contributed by atoms with Crippen molar-refractivity contribution in [2.45, 2.75) is 31.3 Å². The number of benzene rings is 1. The van der Waals surface area contributed by atoms with Crippen molar-refractivity contribution in [3.63, 3.8) is 0 Å². The number of carbonyl (C=O) groups excluding carboxylic acids is 2. The van der Waals surface area contributed by atoms with Crippen molar-refractivity contribution in [1.29, 1.82) is 0 Å². The first-order chi connectivity index (χ1) is 11.0. The topological polar surface area (TPSA) is 102 Å². The van der Waals surface area contributed by atoms with Gasteiger partial charge in [0.1, 0.15) is 0 Å². The second-order valence-corrected chi connectivity index (χ2v) is 5.88. The standard InChI is InChI=1S/C16H20N2O5/c17-15(20)3-4-16(21)18-6-5-11(12(19)8-18)10-1-2-13-14(7-10)23-9-22-13/h1-2,7,11-12,19H,3-6,8-9H2,(H2,17,20)/t11-,12+/m0/s1. The molecule has 0 unspecified atom stereocenters. The minimum atomic E-state index is -0.651. The van der Waals surface area contributed by atoms with E-state index in [1.807, 2.05) is 18.2 Å². The van der Waals surface area contributed by atoms with E-state index in [-0.39, 0.29) is 38.0 Å². The van der Waals surface area contributed by atoms with Crippen molar-refractivity contribution in [2.24, 2.45) is 5.73 Å². The van der Waals surface area contributed by atoms with E-state index in [4.69, 9.17) is 15.2 Å². The van der Waals surface area contributed by atoms with E-state index in [2.05, 4.69) is 0 Å². The Balaban J connectivity index is 1.62. The van der Waals surface area contributed by atoms with Gasteiger partial charge in [-0.05, 0) is 24.1 Å². The number of hydrogen-bond donors (Lipinski definition) is 2. The fourth-order valence-electron chi connectivity index (χ4n) is 3.08. The molecule has 3 rings (SSSR count). The lowest BCUT2D eigenvalue weighted by molar-refractivity contribution is -0.136. The fraction of sp³-hybridized carbons (Fsp3) is 0.500. The van der Waals surface area contributed by atoms with Gasteiger partial charge in [-0.1, -0.05) is 6.07 Å². The van der Waals surface area contributed by atoms with Crippen LogP contribution >= 0.6 is 0 Å². The third-order valence-corrected chi connectivity index (χ3v) is 4.34. The summed E-state index contributed by atoms with van der Waals surface area (Å²) in [7, 11) is 0. The Morgan fingerprint density at radius 2 is 2.04 bits per heavy atom. The predicted molar refractivity (Wildman–Crippen MR) is 80.9 cm³/mol. The summed E-state index contributed by atoms with van der Waals surface area (Å²) in [5.41, 5.74) is 6.04. The van der Waals surface area contributed by atoms with Gasteiger partial charge in [0.25, 0.3) is 0 Å². The van der Waals surface area contributed by atoms with E-state index in [9.17, 15) is 14.7 Å². The average molecular weight is 320 g/mol. The van der Waals surface area contributed by atoms with Crippen LogP contribution < -0.4 is 15.2 Å². The summed E-state index contributed by atoms with van der Waals surface area (Å²) in [5, 5.41) is 10.4. The van der Waals surface area contributed by atoms with Crippen LogP contribution in [0.4, 0.5) is 0 Å². The maximum absolute atomic E-state index is 12.0. The van der Waals surface area contributed by atoms with Gasteiger partial charge in [-0.3, -0.25) is 9.59 Å². The van der Waals surface area contributed by atoms with Gasteiger partial charge >= 0.3 is 0 Å². The molecule has 2 atom stereocenters. The van der Waals surface area contributed by atoms with Gasteiger partial charge in [-0.2, -0.15) is 0 Å². The lowest BCUT2D eigenvalue weighted by Gasteiger charge is -2.36. The summed E-state index contributed by atoms with van der Waals surface area (Å²) >= 11 is 0. The van der Waals surface area contributed by atoms with Gasteiger partial charge in [0.05, 0.1) is 6.10 Å². The maximum Gasteiger partial charge on any atom is 0.231 e. The van der Waals surface area contributed by atoms with Gasteiger partial charge in [0.15, 0.2) is 11.5 Å². The third kappa shape index (κ3) is 3.39. The van der Waals surface area contributed by atoms with E-state index in [1.54, 1.807) is 4.90 Å². The van der Waals surface area contributed by atoms with Crippen molar-refractivity contribution in [3.8, 4) is 11.5 Å². The summed E-state index contributed by atoms with van der Waals surface area (Å²) in [6.45, 7) is 1.03. The number of nitrogens with zero attached hydrogens (tertiary/aromatic N) is 1. The smallest absolute Gasteiger partial charge is 0.231 e. The highest BCUT2D eigenvalue weighted by Gasteiger charge is 2.31. The molecule has 0 spiro atoms. The summed E-state index contributed by atoms with van der Waals surface area (Å²) in [6.07, 6.45) is 0.137. The number of aliphatic hydroxyl groups is 1. The maximum atomic E-state index is 12.0. The van der Waals surface area contributed by atoms with Gasteiger partial charge in [0, 0.05) is 31.8 Å². The second kappa shape index (κ2) is 6.45. The van der Waals surface area contributed by atoms with Gasteiger partial charge in [-0.25, -0.2) is 0 Å². The molecule has 0 saturated carbocycles. The Labute approximate surface area is 134 Å². The molecule has 0 aromatic heterocycles. The number of piperidine rings is 1. The van der Waals surface area contributed by atoms with Crippen LogP contribution in [-0.4, -0.2) is 47.8 Å². The normalized spacial score (nSPS) is 22.9. The molecule has 1 saturated heterocycles. The molecule has 2 aliphatic heterocycles. The molecule has 0 aliphatic carbocycles. The molecule has 1 fully saturated rings. The predicted octanol–water partition coefficient (Wildman–Crippen LogP) is 0.358. The van der Waals surface area contributed by atoms with Crippen LogP contribution in [0.25, 0.3) is 0 Å². The SMILES string of the molecule is NC(=O)CCC(=O)N1CC[C@@H](c2ccc3c(c2)OCO3)[C@H](O)C1. The first-order valence-electron chi connectivity index (χ1n) is 7.68. The largest absolute Gasteiger partial charge is 0.454 e. The Morgan fingerprint density at radius 1 is 1.26 bits per heavy atom. The zero-order chi connectivity index (χ0) is 16.4. The molecule has 124 valence electrons. The van der Waals surface area contributed by atoms with Crippen LogP contribution in [0.2, 0.25) is 0 Å². The Kier molecular flexibility index (Phi) is 4.38. The number of nitrogens with two attached hydrogens (primary N) is 1. The van der Waals surface area contributed by atoms with Crippen molar-refractivity contribution in [3.05, 3.63) is 23.8 Å². The van der Waals surface area contributed by atoms with Crippen molar-refractivity contribution < 1.29 is 24.2 Å². The number of fused-ring (bicyclic) bond motifs is 1. The Bertz CT molecular complexity index is 618. The number of rotatable bonds is 4. The van der Waals surface area contributed by atoms with E-state index < -0.39 is 12.0 Å². The molecule has 0 bridgehead atoms. The number of likely N-dealkylation sites (tertiary alicyclic amines) is 1. The van der Waals surface area contributed by atoms with Crippen LogP contribution in [-0.2, 0) is 9.59 Å². The number of ether oxygens (including phenoxy) is 2. The quantitative estimate of drug-likeness (QED) is 0.834. The van der Waals surface area contributed by atoms with Crippen molar-refractivity contribution in [1.82, 2.24) is 4.90 Å². The summed E-state index contributed by atoms with van der Waals surface area (Å²) < 4.78 is 10.7. The zero-order valence-corrected chi connectivity index (χ0v) is 12.7. The first kappa shape index (κ1) is 15.6. The van der Waals surface area contributed by atoms with Gasteiger partial charge in [0.2, 0.25) is 18.6 Å². The second-order valence-electron chi connectivity index (χ2n) is 5.88. The summed E-state index contributed by atoms with van der Waals surface area (Å²) in [6, 6.07) is 5.65. The molecule has 23 heavy (non-hydrogen) atoms. The van der Waals surface area contributed by atoms with Crippen LogP contribution in [0.5, 0.6) is 11.5 Å². The highest BCUT2D eigenvalue weighted by molar-refractivity contribution is 5.83. The molecule has 7 nitrogen and oxygen atoms in total. The fourth-order valence-corrected chi connectivity index (χ4v) is 3.08. The number of primary amides is 1. The first-order valence-corrected chi connectivity index (χ1v) is 7.68. The number of β-amino-alcohol motifs (C(OH)–C–C–N with tert-alkyl or cyclic N) is 1. The molecule has 1 aromatic carbocycles. The third-order valence-electron chi connectivity index (χ3n) is 4.34. The van der Waals surface area contributed by atoms with Crippen LogP contribution in [0.3, 0.4) is 0 Å². The number of hydrogen-bond acceptors (Lipinski definition) is 5. The lowest BCUT2D eigenvalue weighted by Crippen LogP contribution is -2.45. The van der Waals surface area contributed by atoms with Crippen LogP contribution in [0.1, 0.15) is 30.7 Å². The van der Waals surface area contributed by atoms with E-state index in [0.717, 1.165) is 5.56 Å². The van der Waals surface area contributed by atoms with E-state index in [0.29, 0.717) is 24.5 Å². The Morgan fingerprint density at radius 3 is 2.78 bits per heavy atom. The molecule has 0 radical (unpaired) electrons. The van der Waals surface area contributed by atoms with Crippen molar-refractivity contribution >= 4 is 11.8 Å². The molecular weight excluding hydrogens is 300 g/mol. The minimum Gasteiger partial charge on any atom is -0.454 e. The zero-order valence-electron chi connectivity index (χ0n) is 12.7. The number of aliphatic hydroxyl groups excluding tert-OH is 1. The van der Waals surface area contributed by atoms with Crippen LogP contribution in [0, 0.1) is 0 Å². The molecule has 1 aromatic rings. The van der Waals surface area contributed by atoms with E-state index in [1.165, 1.54) is 0 Å². The van der Waals surface area contributed by atoms with Crippen LogP contribution in [0.15, 0.2) is 18.2 Å². The monoisotopic (exact) mass is 320 g/mol. The van der Waals surface area contributed by atoms with E-state index >= 15 is 0 Å². The number of carbonyl (C=O) groups is 2. The molecule has 2 amide bonds. The molecule has 2 heterocycles. The van der Waals surface area contributed by atoms with Gasteiger partial charge in [-0.15, -0.1) is 0 Å². The highest BCUT2D eigenvalue weighted by atomic mass is 16.7. The molecule has 2 aliphatic rings. The summed E-state index contributed by atoms with van der Waals surface area (Å²) in [5.74, 6) is 0.711. The average Bonchev–Trinajstić information content (AvgIpc) is 2.99. The molecule has 3 N–H and O–H groups in total. The van der Waals surface area contributed by atoms with Crippen molar-refractivity contribution in [2.75, 3.05) is 19.9 Å². The number of amides is 2. The van der Waals surface area contributed by atoms with Gasteiger partial charge < -0.3 is 25.2 Å². The summed E-state index contributed by atoms with van der Waals surface area (Å²) in [4.78, 5) is 24.4. The minimum absolute atomic E-state index is 0.0387. The molecule has 7 heteroatoms. The lowest BCUT2D eigenvalue weighted by atomic mass is 9.86. The highest BCUT2D eigenvalue weighted by Crippen LogP contribution is 2.37. The Hall–Kier alpha value is -2.28.